The number of aliphatic hydroxyl groups excluding tert-OH is 2. The minimum Gasteiger partial charge on any atom is -0.389 e. The highest BCUT2D eigenvalue weighted by molar-refractivity contribution is 5.77. The summed E-state index contributed by atoms with van der Waals surface area (Å²) in [5.74, 6) is 0. The van der Waals surface area contributed by atoms with E-state index in [9.17, 15) is 15.0 Å². The van der Waals surface area contributed by atoms with Gasteiger partial charge in [0, 0.05) is 12.1 Å². The summed E-state index contributed by atoms with van der Waals surface area (Å²) in [7, 11) is 1.69. The van der Waals surface area contributed by atoms with Gasteiger partial charge in [0.1, 0.15) is 12.4 Å². The average Bonchev–Trinajstić information content (AvgIpc) is 2.28. The number of carbonyl (C=O) groups excluding carboxylic acids is 1. The standard InChI is InChI=1S/C12H17NO3/c1-8-3-4-9(7-14)10(5-8)12(16)11(15)6-13-2/h3-5,7,11-13,15-16H,6H2,1-2H3. The van der Waals surface area contributed by atoms with E-state index in [1.807, 2.05) is 6.92 Å². The lowest BCUT2D eigenvalue weighted by Gasteiger charge is -2.19. The molecule has 0 fully saturated rings. The van der Waals surface area contributed by atoms with Crippen LogP contribution in [0.4, 0.5) is 0 Å². The third-order valence-corrected chi connectivity index (χ3v) is 2.47. The molecule has 2 unspecified atom stereocenters. The van der Waals surface area contributed by atoms with Gasteiger partial charge in [-0.1, -0.05) is 23.8 Å². The van der Waals surface area contributed by atoms with Crippen LogP contribution in [0.3, 0.4) is 0 Å². The van der Waals surface area contributed by atoms with Gasteiger partial charge in [-0.3, -0.25) is 4.79 Å². The third kappa shape index (κ3) is 2.88. The van der Waals surface area contributed by atoms with Crippen molar-refractivity contribution < 1.29 is 15.0 Å². The lowest BCUT2D eigenvalue weighted by molar-refractivity contribution is 0.0198. The Morgan fingerprint density at radius 3 is 2.69 bits per heavy atom. The van der Waals surface area contributed by atoms with Gasteiger partial charge in [0.05, 0.1) is 6.10 Å². The van der Waals surface area contributed by atoms with Crippen molar-refractivity contribution in [3.8, 4) is 0 Å². The number of nitrogens with one attached hydrogen (secondary N) is 1. The van der Waals surface area contributed by atoms with Crippen molar-refractivity contribution in [2.45, 2.75) is 19.1 Å². The van der Waals surface area contributed by atoms with Crippen LogP contribution in [0.15, 0.2) is 18.2 Å². The normalized spacial score (nSPS) is 14.5. The van der Waals surface area contributed by atoms with E-state index in [2.05, 4.69) is 5.32 Å². The first kappa shape index (κ1) is 12.8. The van der Waals surface area contributed by atoms with Crippen LogP contribution in [0.1, 0.15) is 27.6 Å². The first-order valence-electron chi connectivity index (χ1n) is 5.16. The van der Waals surface area contributed by atoms with Gasteiger partial charge >= 0.3 is 0 Å². The Kier molecular flexibility index (Phi) is 4.61. The maximum Gasteiger partial charge on any atom is 0.150 e. The van der Waals surface area contributed by atoms with Crippen molar-refractivity contribution in [3.05, 3.63) is 34.9 Å². The smallest absolute Gasteiger partial charge is 0.150 e. The fraction of sp³-hybridized carbons (Fsp3) is 0.417. The molecule has 4 heteroatoms. The van der Waals surface area contributed by atoms with E-state index >= 15 is 0 Å². The molecule has 3 N–H and O–H groups in total. The Balaban J connectivity index is 3.00. The van der Waals surface area contributed by atoms with Crippen LogP contribution in [-0.4, -0.2) is 36.2 Å². The van der Waals surface area contributed by atoms with E-state index in [0.717, 1.165) is 5.56 Å². The fourth-order valence-electron chi connectivity index (χ4n) is 1.59. The van der Waals surface area contributed by atoms with E-state index in [-0.39, 0.29) is 6.54 Å². The molecule has 0 radical (unpaired) electrons. The van der Waals surface area contributed by atoms with Gasteiger partial charge in [0.25, 0.3) is 0 Å². The zero-order valence-electron chi connectivity index (χ0n) is 9.47. The molecule has 1 rings (SSSR count). The molecule has 0 aliphatic carbocycles. The quantitative estimate of drug-likeness (QED) is 0.633. The zero-order valence-corrected chi connectivity index (χ0v) is 9.47. The number of carbonyl (C=O) groups is 1. The van der Waals surface area contributed by atoms with Crippen molar-refractivity contribution in [2.24, 2.45) is 0 Å². The van der Waals surface area contributed by atoms with Crippen molar-refractivity contribution >= 4 is 6.29 Å². The highest BCUT2D eigenvalue weighted by Crippen LogP contribution is 2.21. The Morgan fingerprint density at radius 1 is 1.44 bits per heavy atom. The molecule has 2 atom stereocenters. The topological polar surface area (TPSA) is 69.6 Å². The number of rotatable bonds is 5. The Hall–Kier alpha value is -1.23. The van der Waals surface area contributed by atoms with Gasteiger partial charge in [0.2, 0.25) is 0 Å². The van der Waals surface area contributed by atoms with Crippen LogP contribution in [0, 0.1) is 6.92 Å². The summed E-state index contributed by atoms with van der Waals surface area (Å²) in [6, 6.07) is 5.16. The van der Waals surface area contributed by atoms with E-state index < -0.39 is 12.2 Å². The van der Waals surface area contributed by atoms with Gasteiger partial charge in [-0.25, -0.2) is 0 Å². The van der Waals surface area contributed by atoms with Crippen LogP contribution < -0.4 is 5.32 Å². The molecule has 0 saturated carbocycles. The Labute approximate surface area is 94.9 Å². The maximum absolute atomic E-state index is 10.8. The summed E-state index contributed by atoms with van der Waals surface area (Å²) in [5, 5.41) is 22.3. The molecule has 0 aliphatic heterocycles. The number of hydrogen-bond donors (Lipinski definition) is 3. The Bertz CT molecular complexity index is 365. The number of aldehydes is 1. The Morgan fingerprint density at radius 2 is 2.12 bits per heavy atom. The van der Waals surface area contributed by atoms with Gasteiger partial charge in [0.15, 0.2) is 0 Å². The van der Waals surface area contributed by atoms with E-state index in [1.54, 1.807) is 25.2 Å². The minimum absolute atomic E-state index is 0.271. The highest BCUT2D eigenvalue weighted by Gasteiger charge is 2.20. The monoisotopic (exact) mass is 223 g/mol. The van der Waals surface area contributed by atoms with Crippen LogP contribution in [0.5, 0.6) is 0 Å². The molecular formula is C12H17NO3. The van der Waals surface area contributed by atoms with Gasteiger partial charge in [-0.15, -0.1) is 0 Å². The van der Waals surface area contributed by atoms with E-state index in [0.29, 0.717) is 17.4 Å². The summed E-state index contributed by atoms with van der Waals surface area (Å²) in [6.45, 7) is 2.14. The van der Waals surface area contributed by atoms with Crippen molar-refractivity contribution in [3.63, 3.8) is 0 Å². The number of likely N-dealkylation sites (N-methyl/N-ethyl adjacent to an activating group) is 1. The summed E-state index contributed by atoms with van der Waals surface area (Å²) in [6.07, 6.45) is -1.29. The zero-order chi connectivity index (χ0) is 12.1. The predicted molar refractivity (Wildman–Crippen MR) is 61.5 cm³/mol. The number of hydrogen-bond acceptors (Lipinski definition) is 4. The second kappa shape index (κ2) is 5.75. The van der Waals surface area contributed by atoms with Gasteiger partial charge in [-0.2, -0.15) is 0 Å². The molecular weight excluding hydrogens is 206 g/mol. The molecule has 0 amide bonds. The van der Waals surface area contributed by atoms with Gasteiger partial charge < -0.3 is 15.5 Å². The molecule has 0 saturated heterocycles. The second-order valence-electron chi connectivity index (χ2n) is 3.82. The van der Waals surface area contributed by atoms with Crippen LogP contribution in [0.25, 0.3) is 0 Å². The summed E-state index contributed by atoms with van der Waals surface area (Å²) in [4.78, 5) is 10.8. The fourth-order valence-corrected chi connectivity index (χ4v) is 1.59. The largest absolute Gasteiger partial charge is 0.389 e. The molecule has 4 nitrogen and oxygen atoms in total. The SMILES string of the molecule is CNCC(O)C(O)c1cc(C)ccc1C=O. The van der Waals surface area contributed by atoms with E-state index in [4.69, 9.17) is 0 Å². The predicted octanol–water partition coefficient (Wildman–Crippen LogP) is 0.421. The molecule has 88 valence electrons. The third-order valence-electron chi connectivity index (χ3n) is 2.47. The molecule has 1 aromatic carbocycles. The molecule has 0 bridgehead atoms. The maximum atomic E-state index is 10.8. The van der Waals surface area contributed by atoms with Crippen molar-refractivity contribution in [2.75, 3.05) is 13.6 Å². The summed E-state index contributed by atoms with van der Waals surface area (Å²) < 4.78 is 0. The summed E-state index contributed by atoms with van der Waals surface area (Å²) >= 11 is 0. The average molecular weight is 223 g/mol. The molecule has 0 spiro atoms. The second-order valence-corrected chi connectivity index (χ2v) is 3.82. The van der Waals surface area contributed by atoms with E-state index in [1.165, 1.54) is 0 Å². The lowest BCUT2D eigenvalue weighted by atomic mass is 9.97. The molecule has 0 aromatic heterocycles. The highest BCUT2D eigenvalue weighted by atomic mass is 16.3. The first-order chi connectivity index (χ1) is 7.60. The van der Waals surface area contributed by atoms with Crippen molar-refractivity contribution in [1.29, 1.82) is 0 Å². The lowest BCUT2D eigenvalue weighted by Crippen LogP contribution is -2.30. The van der Waals surface area contributed by atoms with Crippen LogP contribution in [-0.2, 0) is 0 Å². The van der Waals surface area contributed by atoms with Crippen molar-refractivity contribution in [1.82, 2.24) is 5.32 Å². The van der Waals surface area contributed by atoms with Gasteiger partial charge in [-0.05, 0) is 19.5 Å². The minimum atomic E-state index is -1.05. The number of benzene rings is 1. The number of aliphatic hydroxyl groups is 2. The summed E-state index contributed by atoms with van der Waals surface area (Å²) in [5.41, 5.74) is 1.82. The molecule has 1 aromatic rings. The number of aryl methyl sites for hydroxylation is 1. The molecule has 16 heavy (non-hydrogen) atoms. The first-order valence-corrected chi connectivity index (χ1v) is 5.16. The van der Waals surface area contributed by atoms with Crippen LogP contribution >= 0.6 is 0 Å². The van der Waals surface area contributed by atoms with Crippen LogP contribution in [0.2, 0.25) is 0 Å². The molecule has 0 aliphatic rings. The molecule has 0 heterocycles.